The van der Waals surface area contributed by atoms with Gasteiger partial charge in [0.05, 0.1) is 12.3 Å². The van der Waals surface area contributed by atoms with Gasteiger partial charge in [-0.1, -0.05) is 0 Å². The standard InChI is InChI=1S/C6H16P/c1-5-7(3,4)6-2/h5-6H2,1-4H3/q+1. The summed E-state index contributed by atoms with van der Waals surface area (Å²) < 4.78 is 0. The van der Waals surface area contributed by atoms with Crippen LogP contribution >= 0.6 is 7.26 Å². The molecule has 0 aromatic carbocycles. The quantitative estimate of drug-likeness (QED) is 0.489. The van der Waals surface area contributed by atoms with Crippen LogP contribution in [0.4, 0.5) is 0 Å². The lowest BCUT2D eigenvalue weighted by molar-refractivity contribution is 1.38. The largest absolute Gasteiger partial charge is 0.0560 e. The van der Waals surface area contributed by atoms with Crippen LogP contribution in [0, 0.1) is 0 Å². The Morgan fingerprint density at radius 2 is 1.29 bits per heavy atom. The Hall–Kier alpha value is 0.430. The summed E-state index contributed by atoms with van der Waals surface area (Å²) in [6.07, 6.45) is 2.81. The van der Waals surface area contributed by atoms with Crippen molar-refractivity contribution >= 4 is 7.26 Å². The van der Waals surface area contributed by atoms with E-state index in [1.165, 1.54) is 12.3 Å². The Balaban J connectivity index is 3.36. The molecule has 0 nitrogen and oxygen atoms in total. The molecule has 0 fully saturated rings. The zero-order valence-electron chi connectivity index (χ0n) is 5.86. The van der Waals surface area contributed by atoms with Gasteiger partial charge in [-0.15, -0.1) is 0 Å². The Labute approximate surface area is 47.6 Å². The molecule has 0 aliphatic rings. The van der Waals surface area contributed by atoms with E-state index in [1.807, 2.05) is 0 Å². The molecule has 0 aliphatic carbocycles. The summed E-state index contributed by atoms with van der Waals surface area (Å²) in [6, 6.07) is 0. The molecule has 0 heterocycles. The molecule has 0 atom stereocenters. The molecule has 0 bridgehead atoms. The van der Waals surface area contributed by atoms with E-state index in [0.717, 1.165) is 0 Å². The van der Waals surface area contributed by atoms with Gasteiger partial charge >= 0.3 is 0 Å². The maximum Gasteiger partial charge on any atom is 0.0560 e. The molecule has 0 N–H and O–H groups in total. The van der Waals surface area contributed by atoms with E-state index in [-0.39, 0.29) is 0 Å². The number of rotatable bonds is 2. The van der Waals surface area contributed by atoms with Crippen LogP contribution in [0.25, 0.3) is 0 Å². The summed E-state index contributed by atoms with van der Waals surface area (Å²) in [6.45, 7) is 9.40. The van der Waals surface area contributed by atoms with Gasteiger partial charge in [0.15, 0.2) is 0 Å². The third kappa shape index (κ3) is 3.05. The van der Waals surface area contributed by atoms with Crippen molar-refractivity contribution < 1.29 is 0 Å². The van der Waals surface area contributed by atoms with Crippen molar-refractivity contribution in [1.29, 1.82) is 0 Å². The Bertz CT molecular complexity index is 42.1. The fourth-order valence-corrected chi connectivity index (χ4v) is 0.671. The van der Waals surface area contributed by atoms with E-state index in [0.29, 0.717) is 0 Å². The van der Waals surface area contributed by atoms with Crippen LogP contribution < -0.4 is 0 Å². The van der Waals surface area contributed by atoms with Crippen molar-refractivity contribution in [3.63, 3.8) is 0 Å². The zero-order chi connectivity index (χ0) is 5.91. The fourth-order valence-electron chi connectivity index (χ4n) is 0.224. The van der Waals surface area contributed by atoms with Crippen LogP contribution in [0.3, 0.4) is 0 Å². The lowest BCUT2D eigenvalue weighted by Gasteiger charge is -2.11. The second-order valence-electron chi connectivity index (χ2n) is 2.57. The first-order valence-electron chi connectivity index (χ1n) is 2.94. The van der Waals surface area contributed by atoms with Gasteiger partial charge in [0.1, 0.15) is 0 Å². The Kier molecular flexibility index (Phi) is 2.83. The molecule has 0 saturated heterocycles. The van der Waals surface area contributed by atoms with Gasteiger partial charge in [-0.05, 0) is 13.8 Å². The van der Waals surface area contributed by atoms with Gasteiger partial charge in [0, 0.05) is 20.6 Å². The highest BCUT2D eigenvalue weighted by Crippen LogP contribution is 2.49. The van der Waals surface area contributed by atoms with E-state index in [9.17, 15) is 0 Å². The van der Waals surface area contributed by atoms with Crippen LogP contribution in [0.1, 0.15) is 13.8 Å². The predicted octanol–water partition coefficient (Wildman–Crippen LogP) is 2.30. The first kappa shape index (κ1) is 7.43. The topological polar surface area (TPSA) is 0 Å². The molecular weight excluding hydrogens is 103 g/mol. The van der Waals surface area contributed by atoms with E-state index in [1.54, 1.807) is 0 Å². The molecule has 0 rings (SSSR count). The average molecular weight is 119 g/mol. The zero-order valence-corrected chi connectivity index (χ0v) is 6.76. The highest BCUT2D eigenvalue weighted by molar-refractivity contribution is 7.74. The van der Waals surface area contributed by atoms with Crippen LogP contribution in [0.15, 0.2) is 0 Å². The molecule has 44 valence electrons. The summed E-state index contributed by atoms with van der Waals surface area (Å²) >= 11 is 0. The molecule has 0 unspecified atom stereocenters. The lowest BCUT2D eigenvalue weighted by atomic mass is 11.0. The molecule has 0 aliphatic heterocycles. The monoisotopic (exact) mass is 119 g/mol. The summed E-state index contributed by atoms with van der Waals surface area (Å²) in [4.78, 5) is 0. The van der Waals surface area contributed by atoms with Gasteiger partial charge < -0.3 is 0 Å². The van der Waals surface area contributed by atoms with Gasteiger partial charge in [0.2, 0.25) is 0 Å². The molecule has 0 radical (unpaired) electrons. The van der Waals surface area contributed by atoms with Gasteiger partial charge in [0.25, 0.3) is 0 Å². The van der Waals surface area contributed by atoms with E-state index in [2.05, 4.69) is 27.2 Å². The van der Waals surface area contributed by atoms with Crippen molar-refractivity contribution in [2.24, 2.45) is 0 Å². The molecule has 0 amide bonds. The second-order valence-corrected chi connectivity index (χ2v) is 7.70. The summed E-state index contributed by atoms with van der Waals surface area (Å²) in [5, 5.41) is 0. The minimum atomic E-state index is -0.404. The van der Waals surface area contributed by atoms with Gasteiger partial charge in [-0.25, -0.2) is 0 Å². The maximum atomic E-state index is 2.41. The molecule has 0 saturated carbocycles. The van der Waals surface area contributed by atoms with Crippen LogP contribution in [-0.4, -0.2) is 25.7 Å². The third-order valence-electron chi connectivity index (χ3n) is 1.71. The van der Waals surface area contributed by atoms with Crippen LogP contribution in [0.5, 0.6) is 0 Å². The summed E-state index contributed by atoms with van der Waals surface area (Å²) in [5.74, 6) is 0. The first-order chi connectivity index (χ1) is 3.12. The molecule has 0 spiro atoms. The summed E-state index contributed by atoms with van der Waals surface area (Å²) in [5.41, 5.74) is 0. The van der Waals surface area contributed by atoms with Crippen LogP contribution in [0.2, 0.25) is 0 Å². The smallest absolute Gasteiger partial charge is 0.0311 e. The van der Waals surface area contributed by atoms with Crippen molar-refractivity contribution in [3.8, 4) is 0 Å². The number of hydrogen-bond acceptors (Lipinski definition) is 0. The Morgan fingerprint density at radius 3 is 1.29 bits per heavy atom. The SMILES string of the molecule is CC[P+](C)(C)CC. The third-order valence-corrected chi connectivity index (χ3v) is 5.14. The van der Waals surface area contributed by atoms with Gasteiger partial charge in [-0.3, -0.25) is 0 Å². The van der Waals surface area contributed by atoms with Crippen LogP contribution in [-0.2, 0) is 0 Å². The van der Waals surface area contributed by atoms with Gasteiger partial charge in [-0.2, -0.15) is 0 Å². The highest BCUT2D eigenvalue weighted by Gasteiger charge is 2.17. The normalized spacial score (nSPS) is 12.0. The maximum absolute atomic E-state index is 2.41. The Morgan fingerprint density at radius 1 is 1.00 bits per heavy atom. The molecule has 0 aromatic rings. The van der Waals surface area contributed by atoms with Crippen molar-refractivity contribution in [2.75, 3.05) is 25.7 Å². The predicted molar refractivity (Wildman–Crippen MR) is 39.9 cm³/mol. The molecule has 7 heavy (non-hydrogen) atoms. The van der Waals surface area contributed by atoms with E-state index < -0.39 is 7.26 Å². The molecular formula is C6H16P+. The highest BCUT2D eigenvalue weighted by atomic mass is 31.2. The average Bonchev–Trinajstić information content (AvgIpc) is 1.68. The fraction of sp³-hybridized carbons (Fsp3) is 1.00. The minimum absolute atomic E-state index is 0.404. The molecule has 1 heteroatoms. The first-order valence-corrected chi connectivity index (χ1v) is 5.99. The molecule has 0 aromatic heterocycles. The van der Waals surface area contributed by atoms with Crippen molar-refractivity contribution in [1.82, 2.24) is 0 Å². The minimum Gasteiger partial charge on any atom is -0.0311 e. The van der Waals surface area contributed by atoms with Crippen molar-refractivity contribution in [2.45, 2.75) is 13.8 Å². The van der Waals surface area contributed by atoms with E-state index in [4.69, 9.17) is 0 Å². The van der Waals surface area contributed by atoms with E-state index >= 15 is 0 Å². The number of hydrogen-bond donors (Lipinski definition) is 0. The second kappa shape index (κ2) is 2.67. The van der Waals surface area contributed by atoms with Crippen molar-refractivity contribution in [3.05, 3.63) is 0 Å². The summed E-state index contributed by atoms with van der Waals surface area (Å²) in [7, 11) is -0.404. The lowest BCUT2D eigenvalue weighted by Crippen LogP contribution is -1.92.